The predicted molar refractivity (Wildman–Crippen MR) is 108 cm³/mol. The fourth-order valence-electron chi connectivity index (χ4n) is 2.55. The number of nitrogens with one attached hydrogen (secondary N) is 2. The summed E-state index contributed by atoms with van der Waals surface area (Å²) in [6.45, 7) is 5.91. The van der Waals surface area contributed by atoms with Gasteiger partial charge in [0.2, 0.25) is 11.8 Å². The SMILES string of the molecule is CC(C)(C)CC(=O)Nc1nc(CC(=O)NC(Cc2ccccc2)C(=O)O)cs1. The standard InChI is InChI=1S/C20H25N3O4S/c1-20(2,3)11-17(25)23-19-21-14(12-28-19)10-16(24)22-15(18(26)27)9-13-7-5-4-6-8-13/h4-8,12,15H,9-11H2,1-3H3,(H,22,24)(H,26,27)(H,21,23,25). The molecule has 0 aliphatic carbocycles. The van der Waals surface area contributed by atoms with Crippen molar-refractivity contribution in [3.63, 3.8) is 0 Å². The first kappa shape index (κ1) is 21.6. The molecule has 0 aliphatic rings. The van der Waals surface area contributed by atoms with Gasteiger partial charge in [-0.15, -0.1) is 11.3 Å². The van der Waals surface area contributed by atoms with E-state index in [-0.39, 0.29) is 24.2 Å². The van der Waals surface area contributed by atoms with Crippen LogP contribution in [-0.2, 0) is 27.2 Å². The number of hydrogen-bond acceptors (Lipinski definition) is 5. The number of hydrogen-bond donors (Lipinski definition) is 3. The number of aromatic nitrogens is 1. The van der Waals surface area contributed by atoms with E-state index < -0.39 is 17.9 Å². The number of rotatable bonds is 8. The van der Waals surface area contributed by atoms with Crippen LogP contribution in [0.1, 0.15) is 38.4 Å². The maximum atomic E-state index is 12.2. The molecule has 0 saturated carbocycles. The van der Waals surface area contributed by atoms with E-state index in [2.05, 4.69) is 15.6 Å². The monoisotopic (exact) mass is 403 g/mol. The normalized spacial score (nSPS) is 12.2. The summed E-state index contributed by atoms with van der Waals surface area (Å²) in [6, 6.07) is 8.10. The van der Waals surface area contributed by atoms with Gasteiger partial charge in [0, 0.05) is 18.2 Å². The number of nitrogens with zero attached hydrogens (tertiary/aromatic N) is 1. The Hall–Kier alpha value is -2.74. The second-order valence-electron chi connectivity index (χ2n) is 7.75. The Kier molecular flexibility index (Phi) is 7.28. The summed E-state index contributed by atoms with van der Waals surface area (Å²) in [5, 5.41) is 16.7. The lowest BCUT2D eigenvalue weighted by atomic mass is 9.92. The van der Waals surface area contributed by atoms with E-state index in [1.165, 1.54) is 11.3 Å². The van der Waals surface area contributed by atoms with Gasteiger partial charge in [-0.05, 0) is 11.0 Å². The maximum absolute atomic E-state index is 12.2. The van der Waals surface area contributed by atoms with Crippen molar-refractivity contribution >= 4 is 34.3 Å². The van der Waals surface area contributed by atoms with Crippen molar-refractivity contribution in [2.24, 2.45) is 5.41 Å². The molecule has 28 heavy (non-hydrogen) atoms. The van der Waals surface area contributed by atoms with Gasteiger partial charge in [-0.2, -0.15) is 0 Å². The topological polar surface area (TPSA) is 108 Å². The summed E-state index contributed by atoms with van der Waals surface area (Å²) >= 11 is 1.23. The van der Waals surface area contributed by atoms with Crippen molar-refractivity contribution in [2.45, 2.75) is 46.1 Å². The van der Waals surface area contributed by atoms with E-state index in [0.29, 0.717) is 17.2 Å². The molecule has 0 spiro atoms. The fourth-order valence-corrected chi connectivity index (χ4v) is 3.28. The summed E-state index contributed by atoms with van der Waals surface area (Å²) in [4.78, 5) is 39.9. The highest BCUT2D eigenvalue weighted by Crippen LogP contribution is 2.21. The summed E-state index contributed by atoms with van der Waals surface area (Å²) in [7, 11) is 0. The average Bonchev–Trinajstić information content (AvgIpc) is 2.99. The Morgan fingerprint density at radius 2 is 1.82 bits per heavy atom. The Labute approximate surface area is 168 Å². The maximum Gasteiger partial charge on any atom is 0.326 e. The molecule has 150 valence electrons. The van der Waals surface area contributed by atoms with Crippen LogP contribution in [0.4, 0.5) is 5.13 Å². The van der Waals surface area contributed by atoms with Gasteiger partial charge < -0.3 is 15.7 Å². The zero-order chi connectivity index (χ0) is 20.7. The van der Waals surface area contributed by atoms with Crippen LogP contribution in [0, 0.1) is 5.41 Å². The Bertz CT molecular complexity index is 827. The number of anilines is 1. The molecule has 2 amide bonds. The molecule has 1 atom stereocenters. The van der Waals surface area contributed by atoms with Crippen LogP contribution in [0.25, 0.3) is 0 Å². The van der Waals surface area contributed by atoms with Gasteiger partial charge in [0.1, 0.15) is 6.04 Å². The molecule has 0 radical (unpaired) electrons. The zero-order valence-electron chi connectivity index (χ0n) is 16.2. The van der Waals surface area contributed by atoms with Gasteiger partial charge in [-0.3, -0.25) is 9.59 Å². The first-order chi connectivity index (χ1) is 13.1. The van der Waals surface area contributed by atoms with Crippen molar-refractivity contribution in [3.8, 4) is 0 Å². The Balaban J connectivity index is 1.90. The van der Waals surface area contributed by atoms with E-state index in [4.69, 9.17) is 0 Å². The molecule has 8 heteroatoms. The molecule has 0 aliphatic heterocycles. The second kappa shape index (κ2) is 9.45. The highest BCUT2D eigenvalue weighted by Gasteiger charge is 2.21. The summed E-state index contributed by atoms with van der Waals surface area (Å²) in [6.07, 6.45) is 0.513. The van der Waals surface area contributed by atoms with Crippen molar-refractivity contribution in [2.75, 3.05) is 5.32 Å². The molecule has 0 fully saturated rings. The Morgan fingerprint density at radius 1 is 1.14 bits per heavy atom. The number of carbonyl (C=O) groups is 3. The molecule has 1 aromatic carbocycles. The van der Waals surface area contributed by atoms with Gasteiger partial charge in [0.15, 0.2) is 5.13 Å². The molecular formula is C20H25N3O4S. The minimum Gasteiger partial charge on any atom is -0.480 e. The molecule has 1 aromatic heterocycles. The molecular weight excluding hydrogens is 378 g/mol. The van der Waals surface area contributed by atoms with E-state index in [1.54, 1.807) is 5.38 Å². The van der Waals surface area contributed by atoms with Crippen molar-refractivity contribution in [1.29, 1.82) is 0 Å². The number of thiazole rings is 1. The third-order valence-corrected chi connectivity index (χ3v) is 4.55. The first-order valence-electron chi connectivity index (χ1n) is 8.93. The third kappa shape index (κ3) is 7.48. The summed E-state index contributed by atoms with van der Waals surface area (Å²) in [5.74, 6) is -1.65. The lowest BCUT2D eigenvalue weighted by molar-refractivity contribution is -0.141. The minimum absolute atomic E-state index is 0.0514. The van der Waals surface area contributed by atoms with Crippen molar-refractivity contribution in [3.05, 3.63) is 47.0 Å². The number of carboxylic acids is 1. The van der Waals surface area contributed by atoms with Crippen LogP contribution in [0.3, 0.4) is 0 Å². The van der Waals surface area contributed by atoms with Crippen LogP contribution in [0.2, 0.25) is 0 Å². The van der Waals surface area contributed by atoms with Gasteiger partial charge in [0.05, 0.1) is 12.1 Å². The van der Waals surface area contributed by atoms with Crippen LogP contribution < -0.4 is 10.6 Å². The van der Waals surface area contributed by atoms with Crippen molar-refractivity contribution in [1.82, 2.24) is 10.3 Å². The van der Waals surface area contributed by atoms with E-state index >= 15 is 0 Å². The van der Waals surface area contributed by atoms with Gasteiger partial charge >= 0.3 is 5.97 Å². The minimum atomic E-state index is -1.09. The van der Waals surface area contributed by atoms with Crippen LogP contribution in [0.15, 0.2) is 35.7 Å². The quantitative estimate of drug-likeness (QED) is 0.628. The number of carbonyl (C=O) groups excluding carboxylic acids is 2. The summed E-state index contributed by atoms with van der Waals surface area (Å²) < 4.78 is 0. The third-order valence-electron chi connectivity index (χ3n) is 3.75. The highest BCUT2D eigenvalue weighted by atomic mass is 32.1. The van der Waals surface area contributed by atoms with Gasteiger partial charge in [0.25, 0.3) is 0 Å². The molecule has 2 rings (SSSR count). The van der Waals surface area contributed by atoms with Crippen molar-refractivity contribution < 1.29 is 19.5 Å². The number of aliphatic carboxylic acids is 1. The van der Waals surface area contributed by atoms with E-state index in [9.17, 15) is 19.5 Å². The van der Waals surface area contributed by atoms with Crippen LogP contribution in [0.5, 0.6) is 0 Å². The molecule has 2 aromatic rings. The smallest absolute Gasteiger partial charge is 0.326 e. The molecule has 7 nitrogen and oxygen atoms in total. The summed E-state index contributed by atoms with van der Waals surface area (Å²) in [5.41, 5.74) is 1.18. The second-order valence-corrected chi connectivity index (χ2v) is 8.61. The fraction of sp³-hybridized carbons (Fsp3) is 0.400. The molecule has 3 N–H and O–H groups in total. The Morgan fingerprint density at radius 3 is 2.43 bits per heavy atom. The molecule has 1 unspecified atom stereocenters. The number of amides is 2. The van der Waals surface area contributed by atoms with E-state index in [1.807, 2.05) is 51.1 Å². The van der Waals surface area contributed by atoms with Gasteiger partial charge in [-0.25, -0.2) is 9.78 Å². The highest BCUT2D eigenvalue weighted by molar-refractivity contribution is 7.13. The molecule has 0 bridgehead atoms. The average molecular weight is 404 g/mol. The lowest BCUT2D eigenvalue weighted by Crippen LogP contribution is -2.43. The zero-order valence-corrected chi connectivity index (χ0v) is 17.0. The molecule has 1 heterocycles. The van der Waals surface area contributed by atoms with Crippen LogP contribution in [-0.4, -0.2) is 33.9 Å². The lowest BCUT2D eigenvalue weighted by Gasteiger charge is -2.16. The number of benzene rings is 1. The molecule has 0 saturated heterocycles. The van der Waals surface area contributed by atoms with Gasteiger partial charge in [-0.1, -0.05) is 51.1 Å². The first-order valence-corrected chi connectivity index (χ1v) is 9.81. The van der Waals surface area contributed by atoms with Crippen LogP contribution >= 0.6 is 11.3 Å². The number of carboxylic acid groups (broad SMARTS) is 1. The van der Waals surface area contributed by atoms with E-state index in [0.717, 1.165) is 5.56 Å². The predicted octanol–water partition coefficient (Wildman–Crippen LogP) is 2.87. The largest absolute Gasteiger partial charge is 0.480 e.